The van der Waals surface area contributed by atoms with Crippen LogP contribution in [-0.4, -0.2) is 26.2 Å². The smallest absolute Gasteiger partial charge is 0.358 e. The molecule has 0 atom stereocenters. The van der Waals surface area contributed by atoms with Crippen LogP contribution in [0.4, 0.5) is 5.82 Å². The molecule has 0 fully saturated rings. The van der Waals surface area contributed by atoms with Crippen LogP contribution in [-0.2, 0) is 6.54 Å². The number of anilines is 1. The molecule has 7 heteroatoms. The highest BCUT2D eigenvalue weighted by molar-refractivity contribution is 5.90. The molecule has 2 rings (SSSR count). The number of carbonyl (C=O) groups is 1. The molecule has 0 spiro atoms. The Morgan fingerprint density at radius 2 is 2.11 bits per heavy atom. The second kappa shape index (κ2) is 4.82. The fraction of sp³-hybridized carbons (Fsp3) is 0.273. The number of hydrogen-bond donors (Lipinski definition) is 2. The maximum Gasteiger partial charge on any atom is 0.358 e. The minimum Gasteiger partial charge on any atom is -0.476 e. The summed E-state index contributed by atoms with van der Waals surface area (Å²) in [6, 6.07) is 0. The summed E-state index contributed by atoms with van der Waals surface area (Å²) in [5, 5.41) is 15.7. The quantitative estimate of drug-likeness (QED) is 0.842. The van der Waals surface area contributed by atoms with Crippen LogP contribution < -0.4 is 5.32 Å². The lowest BCUT2D eigenvalue weighted by molar-refractivity contribution is 0.0691. The number of carboxylic acid groups (broad SMARTS) is 1. The van der Waals surface area contributed by atoms with Crippen molar-refractivity contribution >= 4 is 11.8 Å². The molecule has 0 unspecified atom stereocenters. The van der Waals surface area contributed by atoms with Crippen LogP contribution in [0.25, 0.3) is 0 Å². The lowest BCUT2D eigenvalue weighted by Gasteiger charge is -2.06. The summed E-state index contributed by atoms with van der Waals surface area (Å²) in [6.45, 7) is 4.01. The summed E-state index contributed by atoms with van der Waals surface area (Å²) < 4.78 is 5.02. The molecule has 18 heavy (non-hydrogen) atoms. The van der Waals surface area contributed by atoms with Gasteiger partial charge in [0.05, 0.1) is 5.69 Å². The third-order valence-electron chi connectivity index (χ3n) is 2.51. The Morgan fingerprint density at radius 3 is 2.72 bits per heavy atom. The molecule has 0 bridgehead atoms. The van der Waals surface area contributed by atoms with Crippen LogP contribution in [0.2, 0.25) is 0 Å². The third kappa shape index (κ3) is 2.29. The summed E-state index contributed by atoms with van der Waals surface area (Å²) >= 11 is 0. The van der Waals surface area contributed by atoms with Gasteiger partial charge in [-0.1, -0.05) is 5.16 Å². The van der Waals surface area contributed by atoms with Crippen molar-refractivity contribution in [2.45, 2.75) is 20.4 Å². The van der Waals surface area contributed by atoms with Crippen molar-refractivity contribution in [3.63, 3.8) is 0 Å². The van der Waals surface area contributed by atoms with Gasteiger partial charge in [0, 0.05) is 24.5 Å². The summed E-state index contributed by atoms with van der Waals surface area (Å²) in [4.78, 5) is 18.7. The van der Waals surface area contributed by atoms with Crippen molar-refractivity contribution in [1.29, 1.82) is 0 Å². The summed E-state index contributed by atoms with van der Waals surface area (Å²) in [5.41, 5.74) is 1.54. The van der Waals surface area contributed by atoms with E-state index in [1.165, 1.54) is 12.4 Å². The first-order valence-corrected chi connectivity index (χ1v) is 5.29. The van der Waals surface area contributed by atoms with Gasteiger partial charge in [0.2, 0.25) is 0 Å². The molecule has 2 aromatic rings. The first kappa shape index (κ1) is 12.0. The molecule has 0 aliphatic carbocycles. The average molecular weight is 248 g/mol. The molecule has 0 radical (unpaired) electrons. The van der Waals surface area contributed by atoms with Gasteiger partial charge in [-0.25, -0.2) is 14.8 Å². The number of carboxylic acids is 1. The molecule has 2 N–H and O–H groups in total. The van der Waals surface area contributed by atoms with Gasteiger partial charge in [-0.05, 0) is 13.8 Å². The summed E-state index contributed by atoms with van der Waals surface area (Å²) in [6.07, 6.45) is 2.77. The van der Waals surface area contributed by atoms with Crippen LogP contribution in [0.5, 0.6) is 0 Å². The predicted molar refractivity (Wildman–Crippen MR) is 62.3 cm³/mol. The molecule has 0 amide bonds. The zero-order valence-corrected chi connectivity index (χ0v) is 9.97. The van der Waals surface area contributed by atoms with Gasteiger partial charge >= 0.3 is 5.97 Å². The van der Waals surface area contributed by atoms with Crippen molar-refractivity contribution in [3.8, 4) is 0 Å². The van der Waals surface area contributed by atoms with Crippen molar-refractivity contribution in [2.24, 2.45) is 0 Å². The molecule has 2 aromatic heterocycles. The van der Waals surface area contributed by atoms with Crippen molar-refractivity contribution in [1.82, 2.24) is 15.1 Å². The van der Waals surface area contributed by atoms with E-state index in [2.05, 4.69) is 20.4 Å². The fourth-order valence-corrected chi connectivity index (χ4v) is 1.55. The summed E-state index contributed by atoms with van der Waals surface area (Å²) in [7, 11) is 0. The molecule has 7 nitrogen and oxygen atoms in total. The lowest BCUT2D eigenvalue weighted by Crippen LogP contribution is -2.10. The van der Waals surface area contributed by atoms with E-state index in [0.29, 0.717) is 12.3 Å². The first-order chi connectivity index (χ1) is 8.59. The topological polar surface area (TPSA) is 101 Å². The predicted octanol–water partition coefficient (Wildman–Crippen LogP) is 1.39. The van der Waals surface area contributed by atoms with Gasteiger partial charge < -0.3 is 14.9 Å². The first-order valence-electron chi connectivity index (χ1n) is 5.29. The number of aryl methyl sites for hydroxylation is 2. The summed E-state index contributed by atoms with van der Waals surface area (Å²) in [5.74, 6) is -0.199. The SMILES string of the molecule is Cc1noc(C)c1CNc1nccnc1C(=O)O. The second-order valence-electron chi connectivity index (χ2n) is 3.71. The minimum absolute atomic E-state index is 0.107. The van der Waals surface area contributed by atoms with Crippen molar-refractivity contribution in [2.75, 3.05) is 5.32 Å². The van der Waals surface area contributed by atoms with E-state index in [1.807, 2.05) is 6.92 Å². The second-order valence-corrected chi connectivity index (χ2v) is 3.71. The average Bonchev–Trinajstić information content (AvgIpc) is 2.67. The van der Waals surface area contributed by atoms with Crippen LogP contribution >= 0.6 is 0 Å². The van der Waals surface area contributed by atoms with Gasteiger partial charge in [-0.3, -0.25) is 0 Å². The molecular weight excluding hydrogens is 236 g/mol. The normalized spacial score (nSPS) is 10.3. The standard InChI is InChI=1S/C11H12N4O3/c1-6-8(7(2)18-15-6)5-14-10-9(11(16)17)12-3-4-13-10/h3-4H,5H2,1-2H3,(H,13,14)(H,16,17). The Bertz CT molecular complexity index is 560. The molecule has 0 aromatic carbocycles. The third-order valence-corrected chi connectivity index (χ3v) is 2.51. The number of aromatic nitrogens is 3. The molecule has 94 valence electrons. The number of nitrogens with one attached hydrogen (secondary N) is 1. The van der Waals surface area contributed by atoms with Gasteiger partial charge in [0.25, 0.3) is 0 Å². The number of rotatable bonds is 4. The van der Waals surface area contributed by atoms with E-state index in [0.717, 1.165) is 11.3 Å². The number of aromatic carboxylic acids is 1. The van der Waals surface area contributed by atoms with Gasteiger partial charge in [-0.2, -0.15) is 0 Å². The van der Waals surface area contributed by atoms with Gasteiger partial charge in [-0.15, -0.1) is 0 Å². The monoisotopic (exact) mass is 248 g/mol. The zero-order valence-electron chi connectivity index (χ0n) is 9.97. The maximum atomic E-state index is 10.9. The molecule has 0 saturated heterocycles. The van der Waals surface area contributed by atoms with E-state index >= 15 is 0 Å². The van der Waals surface area contributed by atoms with Crippen LogP contribution in [0.3, 0.4) is 0 Å². The van der Waals surface area contributed by atoms with Crippen LogP contribution in [0.1, 0.15) is 27.5 Å². The molecular formula is C11H12N4O3. The Labute approximate surface area is 103 Å². The highest BCUT2D eigenvalue weighted by Gasteiger charge is 2.14. The van der Waals surface area contributed by atoms with E-state index in [4.69, 9.17) is 9.63 Å². The zero-order chi connectivity index (χ0) is 13.1. The van der Waals surface area contributed by atoms with E-state index in [9.17, 15) is 4.79 Å². The Morgan fingerprint density at radius 1 is 1.39 bits per heavy atom. The molecule has 2 heterocycles. The van der Waals surface area contributed by atoms with E-state index < -0.39 is 5.97 Å². The van der Waals surface area contributed by atoms with Crippen molar-refractivity contribution in [3.05, 3.63) is 35.1 Å². The van der Waals surface area contributed by atoms with Crippen LogP contribution in [0, 0.1) is 13.8 Å². The maximum absolute atomic E-state index is 10.9. The largest absolute Gasteiger partial charge is 0.476 e. The number of hydrogen-bond acceptors (Lipinski definition) is 6. The Hall–Kier alpha value is -2.44. The fourth-order valence-electron chi connectivity index (χ4n) is 1.55. The lowest BCUT2D eigenvalue weighted by atomic mass is 10.2. The van der Waals surface area contributed by atoms with Crippen LogP contribution in [0.15, 0.2) is 16.9 Å². The molecule has 0 aliphatic rings. The Balaban J connectivity index is 2.18. The number of nitrogens with zero attached hydrogens (tertiary/aromatic N) is 3. The Kier molecular flexibility index (Phi) is 3.22. The molecule has 0 saturated carbocycles. The van der Waals surface area contributed by atoms with E-state index in [-0.39, 0.29) is 11.5 Å². The van der Waals surface area contributed by atoms with Gasteiger partial charge in [0.15, 0.2) is 11.5 Å². The molecule has 0 aliphatic heterocycles. The van der Waals surface area contributed by atoms with Gasteiger partial charge in [0.1, 0.15) is 5.76 Å². The highest BCUT2D eigenvalue weighted by Crippen LogP contribution is 2.15. The van der Waals surface area contributed by atoms with Crippen molar-refractivity contribution < 1.29 is 14.4 Å². The minimum atomic E-state index is -1.12. The highest BCUT2D eigenvalue weighted by atomic mass is 16.5. The van der Waals surface area contributed by atoms with E-state index in [1.54, 1.807) is 6.92 Å².